The second-order valence-electron chi connectivity index (χ2n) is 2.80. The van der Waals surface area contributed by atoms with Crippen molar-refractivity contribution in [1.82, 2.24) is 0 Å². The number of anilines is 1. The number of benzene rings is 1. The average molecular weight is 244 g/mol. The van der Waals surface area contributed by atoms with Gasteiger partial charge in [-0.25, -0.2) is 4.79 Å². The lowest BCUT2D eigenvalue weighted by molar-refractivity contribution is -0.150. The van der Waals surface area contributed by atoms with Crippen LogP contribution in [0.2, 0.25) is 5.02 Å². The molecule has 1 aromatic rings. The topological polar surface area (TPSA) is 64.6 Å². The summed E-state index contributed by atoms with van der Waals surface area (Å²) >= 11 is 5.79. The smallest absolute Gasteiger partial charge is 0.396 e. The number of nitrogens with one attached hydrogen (secondary N) is 1. The van der Waals surface area contributed by atoms with Crippen LogP contribution in [-0.2, 0) is 14.3 Å². The third-order valence-corrected chi connectivity index (χ3v) is 2.09. The van der Waals surface area contributed by atoms with E-state index in [9.17, 15) is 9.59 Å². The highest BCUT2D eigenvalue weighted by Gasteiger charge is 2.14. The molecule has 0 aromatic heterocycles. The fourth-order valence-corrected chi connectivity index (χ4v) is 1.21. The Labute approximate surface area is 97.3 Å². The predicted octanol–water partition coefficient (Wildman–Crippen LogP) is 1.46. The van der Waals surface area contributed by atoms with Gasteiger partial charge in [0.25, 0.3) is 0 Å². The number of carbonyl (C=O) groups is 2. The highest BCUT2D eigenvalue weighted by molar-refractivity contribution is 6.37. The maximum Gasteiger partial charge on any atom is 0.396 e. The molecule has 0 bridgehead atoms. The number of methoxy groups -OCH3 is 2. The minimum atomic E-state index is -0.964. The molecule has 0 spiro atoms. The third kappa shape index (κ3) is 2.87. The van der Waals surface area contributed by atoms with Crippen LogP contribution in [-0.4, -0.2) is 26.1 Å². The molecule has 0 aliphatic rings. The van der Waals surface area contributed by atoms with Crippen LogP contribution < -0.4 is 10.1 Å². The van der Waals surface area contributed by atoms with Crippen molar-refractivity contribution >= 4 is 29.2 Å². The van der Waals surface area contributed by atoms with Gasteiger partial charge in [0, 0.05) is 11.8 Å². The molecule has 86 valence electrons. The summed E-state index contributed by atoms with van der Waals surface area (Å²) in [7, 11) is 2.58. The van der Waals surface area contributed by atoms with E-state index in [0.29, 0.717) is 16.5 Å². The second-order valence-corrected chi connectivity index (χ2v) is 3.20. The van der Waals surface area contributed by atoms with Crippen LogP contribution in [0.5, 0.6) is 5.75 Å². The van der Waals surface area contributed by atoms with E-state index in [1.54, 1.807) is 12.1 Å². The molecule has 0 heterocycles. The molecule has 1 N–H and O–H groups in total. The van der Waals surface area contributed by atoms with Gasteiger partial charge in [0.05, 0.1) is 19.2 Å². The van der Waals surface area contributed by atoms with Crippen molar-refractivity contribution in [2.24, 2.45) is 0 Å². The molecule has 1 aromatic carbocycles. The van der Waals surface area contributed by atoms with E-state index < -0.39 is 11.9 Å². The first kappa shape index (κ1) is 12.3. The second kappa shape index (κ2) is 5.37. The Balaban J connectivity index is 2.82. The Morgan fingerprint density at radius 3 is 2.56 bits per heavy atom. The predicted molar refractivity (Wildman–Crippen MR) is 58.6 cm³/mol. The van der Waals surface area contributed by atoms with Gasteiger partial charge in [-0.15, -0.1) is 0 Å². The summed E-state index contributed by atoms with van der Waals surface area (Å²) in [6.07, 6.45) is 0. The number of hydrogen-bond acceptors (Lipinski definition) is 4. The lowest BCUT2D eigenvalue weighted by atomic mass is 10.3. The molecule has 5 nitrogen and oxygen atoms in total. The molecular formula is C10H10ClNO4. The van der Waals surface area contributed by atoms with Gasteiger partial charge < -0.3 is 14.8 Å². The number of amides is 1. The average Bonchev–Trinajstić information content (AvgIpc) is 2.30. The van der Waals surface area contributed by atoms with Crippen molar-refractivity contribution in [1.29, 1.82) is 0 Å². The molecule has 0 aliphatic carbocycles. The Bertz CT molecular complexity index is 419. The van der Waals surface area contributed by atoms with Gasteiger partial charge in [-0.05, 0) is 12.1 Å². The summed E-state index contributed by atoms with van der Waals surface area (Å²) < 4.78 is 9.21. The van der Waals surface area contributed by atoms with Crippen molar-refractivity contribution in [3.63, 3.8) is 0 Å². The van der Waals surface area contributed by atoms with Crippen molar-refractivity contribution < 1.29 is 19.1 Å². The molecule has 6 heteroatoms. The van der Waals surface area contributed by atoms with E-state index in [1.165, 1.54) is 13.2 Å². The highest BCUT2D eigenvalue weighted by atomic mass is 35.5. The molecule has 0 radical (unpaired) electrons. The molecule has 0 atom stereocenters. The quantitative estimate of drug-likeness (QED) is 0.631. The zero-order chi connectivity index (χ0) is 12.1. The Morgan fingerprint density at radius 2 is 2.00 bits per heavy atom. The Hall–Kier alpha value is -1.75. The summed E-state index contributed by atoms with van der Waals surface area (Å²) in [6.45, 7) is 0. The molecule has 0 unspecified atom stereocenters. The van der Waals surface area contributed by atoms with Crippen LogP contribution >= 0.6 is 11.6 Å². The molecule has 0 aliphatic heterocycles. The van der Waals surface area contributed by atoms with Gasteiger partial charge in [-0.2, -0.15) is 0 Å². The summed E-state index contributed by atoms with van der Waals surface area (Å²) in [5.41, 5.74) is 0.400. The SMILES string of the molecule is COC(=O)C(=O)Nc1ccc(Cl)c(OC)c1. The van der Waals surface area contributed by atoms with Crippen LogP contribution in [0.1, 0.15) is 0 Å². The maximum atomic E-state index is 11.2. The summed E-state index contributed by atoms with van der Waals surface area (Å²) in [4.78, 5) is 22.0. The van der Waals surface area contributed by atoms with Gasteiger partial charge in [-0.3, -0.25) is 4.79 Å². The van der Waals surface area contributed by atoms with Crippen LogP contribution in [0, 0.1) is 0 Å². The van der Waals surface area contributed by atoms with Crippen LogP contribution in [0.25, 0.3) is 0 Å². The number of ether oxygens (including phenoxy) is 2. The van der Waals surface area contributed by atoms with Crippen LogP contribution in [0.3, 0.4) is 0 Å². The summed E-state index contributed by atoms with van der Waals surface area (Å²) in [5, 5.41) is 2.76. The Morgan fingerprint density at radius 1 is 1.31 bits per heavy atom. The lowest BCUT2D eigenvalue weighted by Crippen LogP contribution is -2.23. The molecule has 0 saturated carbocycles. The number of esters is 1. The van der Waals surface area contributed by atoms with Gasteiger partial charge in [-0.1, -0.05) is 11.6 Å². The minimum absolute atomic E-state index is 0.400. The number of halogens is 1. The van der Waals surface area contributed by atoms with Gasteiger partial charge in [0.2, 0.25) is 0 Å². The first-order valence-corrected chi connectivity index (χ1v) is 4.69. The van der Waals surface area contributed by atoms with Crippen molar-refractivity contribution in [3.8, 4) is 5.75 Å². The summed E-state index contributed by atoms with van der Waals surface area (Å²) in [6, 6.07) is 4.60. The van der Waals surface area contributed by atoms with E-state index in [4.69, 9.17) is 16.3 Å². The van der Waals surface area contributed by atoms with Crippen molar-refractivity contribution in [2.75, 3.05) is 19.5 Å². The fourth-order valence-electron chi connectivity index (χ4n) is 1.01. The molecule has 1 amide bonds. The van der Waals surface area contributed by atoms with Gasteiger partial charge >= 0.3 is 11.9 Å². The monoisotopic (exact) mass is 243 g/mol. The Kier molecular flexibility index (Phi) is 4.13. The van der Waals surface area contributed by atoms with Crippen LogP contribution in [0.15, 0.2) is 18.2 Å². The lowest BCUT2D eigenvalue weighted by Gasteiger charge is -2.07. The minimum Gasteiger partial charge on any atom is -0.495 e. The van der Waals surface area contributed by atoms with E-state index >= 15 is 0 Å². The standard InChI is InChI=1S/C10H10ClNO4/c1-15-8-5-6(3-4-7(8)11)12-9(13)10(14)16-2/h3-5H,1-2H3,(H,12,13). The van der Waals surface area contributed by atoms with Gasteiger partial charge in [0.15, 0.2) is 0 Å². The molecule has 0 fully saturated rings. The molecule has 16 heavy (non-hydrogen) atoms. The van der Waals surface area contributed by atoms with E-state index in [1.807, 2.05) is 0 Å². The molecule has 0 saturated heterocycles. The molecular weight excluding hydrogens is 234 g/mol. The normalized spacial score (nSPS) is 9.44. The van der Waals surface area contributed by atoms with Crippen molar-refractivity contribution in [2.45, 2.75) is 0 Å². The zero-order valence-electron chi connectivity index (χ0n) is 8.74. The number of hydrogen-bond donors (Lipinski definition) is 1. The number of rotatable bonds is 2. The van der Waals surface area contributed by atoms with Crippen molar-refractivity contribution in [3.05, 3.63) is 23.2 Å². The van der Waals surface area contributed by atoms with E-state index in [2.05, 4.69) is 10.1 Å². The highest BCUT2D eigenvalue weighted by Crippen LogP contribution is 2.27. The van der Waals surface area contributed by atoms with E-state index in [-0.39, 0.29) is 0 Å². The summed E-state index contributed by atoms with van der Waals surface area (Å²) in [5.74, 6) is -1.41. The largest absolute Gasteiger partial charge is 0.495 e. The van der Waals surface area contributed by atoms with E-state index in [0.717, 1.165) is 7.11 Å². The third-order valence-electron chi connectivity index (χ3n) is 1.78. The first-order valence-electron chi connectivity index (χ1n) is 4.31. The molecule has 1 rings (SSSR count). The maximum absolute atomic E-state index is 11.2. The van der Waals surface area contributed by atoms with Crippen LogP contribution in [0.4, 0.5) is 5.69 Å². The fraction of sp³-hybridized carbons (Fsp3) is 0.200. The van der Waals surface area contributed by atoms with Gasteiger partial charge in [0.1, 0.15) is 5.75 Å². The zero-order valence-corrected chi connectivity index (χ0v) is 9.50. The first-order chi connectivity index (χ1) is 7.58. The number of carbonyl (C=O) groups excluding carboxylic acids is 2.